The van der Waals surface area contributed by atoms with Crippen molar-refractivity contribution in [1.29, 1.82) is 0 Å². The minimum absolute atomic E-state index is 0.137. The molecule has 0 saturated carbocycles. The number of furan rings is 1. The van der Waals surface area contributed by atoms with Crippen molar-refractivity contribution in [3.8, 4) is 0 Å². The molecule has 3 N–H and O–H groups in total. The van der Waals surface area contributed by atoms with E-state index in [4.69, 9.17) is 10.2 Å². The quantitative estimate of drug-likeness (QED) is 0.819. The Morgan fingerprint density at radius 1 is 1.45 bits per heavy atom. The highest BCUT2D eigenvalue weighted by Gasteiger charge is 2.15. The molecular formula is C15H18N2O3. The van der Waals surface area contributed by atoms with E-state index in [2.05, 4.69) is 0 Å². The summed E-state index contributed by atoms with van der Waals surface area (Å²) in [5.41, 5.74) is 7.85. The molecule has 106 valence electrons. The van der Waals surface area contributed by atoms with Gasteiger partial charge in [-0.3, -0.25) is 0 Å². The largest absolute Gasteiger partial charge is 0.478 e. The van der Waals surface area contributed by atoms with E-state index in [0.29, 0.717) is 12.2 Å². The van der Waals surface area contributed by atoms with Crippen molar-refractivity contribution in [1.82, 2.24) is 0 Å². The maximum absolute atomic E-state index is 11.2. The second-order valence-electron chi connectivity index (χ2n) is 4.62. The second-order valence-corrected chi connectivity index (χ2v) is 4.62. The molecule has 0 aliphatic carbocycles. The van der Waals surface area contributed by atoms with E-state index in [1.165, 1.54) is 0 Å². The second kappa shape index (κ2) is 5.69. The number of carboxylic acid groups (broad SMARTS) is 1. The molecule has 0 atom stereocenters. The number of carbonyl (C=O) groups is 1. The standard InChI is InChI=1S/C15H18N2O3/c1-3-17(9-12-5-4-6-20-12)11-7-10(2)14(16)13(8-11)15(18)19/h4-8H,3,9,16H2,1-2H3,(H,18,19). The summed E-state index contributed by atoms with van der Waals surface area (Å²) in [6, 6.07) is 7.23. The Kier molecular flexibility index (Phi) is 3.98. The summed E-state index contributed by atoms with van der Waals surface area (Å²) in [7, 11) is 0. The Morgan fingerprint density at radius 3 is 2.75 bits per heavy atom. The minimum atomic E-state index is -1.01. The highest BCUT2D eigenvalue weighted by Crippen LogP contribution is 2.26. The summed E-state index contributed by atoms with van der Waals surface area (Å²) in [5.74, 6) is -0.181. The van der Waals surface area contributed by atoms with Gasteiger partial charge in [0.15, 0.2) is 0 Å². The molecule has 1 heterocycles. The van der Waals surface area contributed by atoms with Crippen LogP contribution in [0.15, 0.2) is 34.9 Å². The highest BCUT2D eigenvalue weighted by atomic mass is 16.4. The summed E-state index contributed by atoms with van der Waals surface area (Å²) in [6.45, 7) is 5.15. The van der Waals surface area contributed by atoms with Gasteiger partial charge in [0.2, 0.25) is 0 Å². The van der Waals surface area contributed by atoms with E-state index in [-0.39, 0.29) is 5.56 Å². The van der Waals surface area contributed by atoms with Crippen molar-refractivity contribution in [3.63, 3.8) is 0 Å². The van der Waals surface area contributed by atoms with Gasteiger partial charge < -0.3 is 20.2 Å². The lowest BCUT2D eigenvalue weighted by molar-refractivity contribution is 0.0698. The third kappa shape index (κ3) is 2.77. The van der Waals surface area contributed by atoms with Crippen molar-refractivity contribution in [2.75, 3.05) is 17.2 Å². The van der Waals surface area contributed by atoms with Gasteiger partial charge in [-0.25, -0.2) is 4.79 Å². The number of anilines is 2. The number of hydrogen-bond donors (Lipinski definition) is 2. The van der Waals surface area contributed by atoms with Crippen molar-refractivity contribution >= 4 is 17.3 Å². The number of benzene rings is 1. The topological polar surface area (TPSA) is 79.7 Å². The molecular weight excluding hydrogens is 256 g/mol. The predicted octanol–water partition coefficient (Wildman–Crippen LogP) is 2.89. The molecule has 0 aliphatic rings. The van der Waals surface area contributed by atoms with Crippen LogP contribution < -0.4 is 10.6 Å². The van der Waals surface area contributed by atoms with Gasteiger partial charge in [0.05, 0.1) is 18.4 Å². The van der Waals surface area contributed by atoms with Crippen LogP contribution in [0.1, 0.15) is 28.6 Å². The minimum Gasteiger partial charge on any atom is -0.478 e. The Bertz CT molecular complexity index is 606. The third-order valence-corrected chi connectivity index (χ3v) is 3.28. The fourth-order valence-corrected chi connectivity index (χ4v) is 2.12. The molecule has 0 bridgehead atoms. The first-order chi connectivity index (χ1) is 9.52. The molecule has 2 rings (SSSR count). The number of aromatic carboxylic acids is 1. The van der Waals surface area contributed by atoms with Crippen LogP contribution >= 0.6 is 0 Å². The Balaban J connectivity index is 2.37. The first-order valence-electron chi connectivity index (χ1n) is 6.43. The van der Waals surface area contributed by atoms with E-state index in [9.17, 15) is 9.90 Å². The Morgan fingerprint density at radius 2 is 2.20 bits per heavy atom. The monoisotopic (exact) mass is 274 g/mol. The zero-order valence-corrected chi connectivity index (χ0v) is 11.6. The number of rotatable bonds is 5. The molecule has 0 unspecified atom stereocenters. The summed E-state index contributed by atoms with van der Waals surface area (Å²) in [5, 5.41) is 9.21. The average Bonchev–Trinajstić information content (AvgIpc) is 2.91. The van der Waals surface area contributed by atoms with Crippen LogP contribution in [0.3, 0.4) is 0 Å². The fourth-order valence-electron chi connectivity index (χ4n) is 2.12. The summed E-state index contributed by atoms with van der Waals surface area (Å²) in [4.78, 5) is 13.3. The number of aryl methyl sites for hydroxylation is 1. The van der Waals surface area contributed by atoms with Crippen molar-refractivity contribution in [2.45, 2.75) is 20.4 Å². The molecule has 0 amide bonds. The number of carboxylic acids is 1. The summed E-state index contributed by atoms with van der Waals surface area (Å²) in [6.07, 6.45) is 1.63. The van der Waals surface area contributed by atoms with Crippen LogP contribution in [-0.4, -0.2) is 17.6 Å². The van der Waals surface area contributed by atoms with E-state index in [0.717, 1.165) is 23.6 Å². The SMILES string of the molecule is CCN(Cc1ccco1)c1cc(C)c(N)c(C(=O)O)c1. The Labute approximate surface area is 117 Å². The predicted molar refractivity (Wildman–Crippen MR) is 78.0 cm³/mol. The van der Waals surface area contributed by atoms with E-state index in [1.54, 1.807) is 12.3 Å². The maximum atomic E-state index is 11.2. The third-order valence-electron chi connectivity index (χ3n) is 3.28. The van der Waals surface area contributed by atoms with Crippen LogP contribution in [0, 0.1) is 6.92 Å². The smallest absolute Gasteiger partial charge is 0.337 e. The van der Waals surface area contributed by atoms with Crippen molar-refractivity contribution in [3.05, 3.63) is 47.4 Å². The van der Waals surface area contributed by atoms with E-state index in [1.807, 2.05) is 36.9 Å². The van der Waals surface area contributed by atoms with Gasteiger partial charge >= 0.3 is 5.97 Å². The zero-order valence-electron chi connectivity index (χ0n) is 11.6. The molecule has 1 aromatic heterocycles. The van der Waals surface area contributed by atoms with E-state index < -0.39 is 5.97 Å². The lowest BCUT2D eigenvalue weighted by Gasteiger charge is -2.23. The van der Waals surface area contributed by atoms with Crippen LogP contribution in [0.2, 0.25) is 0 Å². The van der Waals surface area contributed by atoms with Gasteiger partial charge in [-0.1, -0.05) is 0 Å². The number of nitrogens with two attached hydrogens (primary N) is 1. The lowest BCUT2D eigenvalue weighted by atomic mass is 10.1. The van der Waals surface area contributed by atoms with Gasteiger partial charge in [-0.15, -0.1) is 0 Å². The van der Waals surface area contributed by atoms with Crippen molar-refractivity contribution < 1.29 is 14.3 Å². The molecule has 2 aromatic rings. The fraction of sp³-hybridized carbons (Fsp3) is 0.267. The van der Waals surface area contributed by atoms with Gasteiger partial charge in [0, 0.05) is 17.9 Å². The molecule has 0 spiro atoms. The molecule has 5 nitrogen and oxygen atoms in total. The first kappa shape index (κ1) is 14.0. The zero-order chi connectivity index (χ0) is 14.7. The number of nitrogen functional groups attached to an aromatic ring is 1. The Hall–Kier alpha value is -2.43. The van der Waals surface area contributed by atoms with Crippen molar-refractivity contribution in [2.24, 2.45) is 0 Å². The van der Waals surface area contributed by atoms with E-state index >= 15 is 0 Å². The molecule has 5 heteroatoms. The average molecular weight is 274 g/mol. The van der Waals surface area contributed by atoms with Crippen LogP contribution in [-0.2, 0) is 6.54 Å². The number of nitrogens with zero attached hydrogens (tertiary/aromatic N) is 1. The molecule has 20 heavy (non-hydrogen) atoms. The number of hydrogen-bond acceptors (Lipinski definition) is 4. The highest BCUT2D eigenvalue weighted by molar-refractivity contribution is 5.95. The molecule has 1 aromatic carbocycles. The lowest BCUT2D eigenvalue weighted by Crippen LogP contribution is -2.22. The van der Waals surface area contributed by atoms with Gasteiger partial charge in [0.1, 0.15) is 5.76 Å². The maximum Gasteiger partial charge on any atom is 0.337 e. The summed E-state index contributed by atoms with van der Waals surface area (Å²) < 4.78 is 5.34. The molecule has 0 saturated heterocycles. The van der Waals surface area contributed by atoms with Gasteiger partial charge in [-0.2, -0.15) is 0 Å². The summed E-state index contributed by atoms with van der Waals surface area (Å²) >= 11 is 0. The normalized spacial score (nSPS) is 10.5. The van der Waals surface area contributed by atoms with Crippen LogP contribution in [0.25, 0.3) is 0 Å². The molecule has 0 fully saturated rings. The first-order valence-corrected chi connectivity index (χ1v) is 6.43. The van der Waals surface area contributed by atoms with Gasteiger partial charge in [-0.05, 0) is 43.7 Å². The molecule has 0 aliphatic heterocycles. The van der Waals surface area contributed by atoms with Crippen LogP contribution in [0.5, 0.6) is 0 Å². The molecule has 0 radical (unpaired) electrons. The van der Waals surface area contributed by atoms with Crippen LogP contribution in [0.4, 0.5) is 11.4 Å². The van der Waals surface area contributed by atoms with Gasteiger partial charge in [0.25, 0.3) is 0 Å².